The van der Waals surface area contributed by atoms with Gasteiger partial charge in [0.2, 0.25) is 0 Å². The van der Waals surface area contributed by atoms with Crippen LogP contribution in [0.4, 0.5) is 11.4 Å². The van der Waals surface area contributed by atoms with Gasteiger partial charge in [0.15, 0.2) is 0 Å². The molecule has 1 aromatic rings. The summed E-state index contributed by atoms with van der Waals surface area (Å²) < 4.78 is 0. The minimum Gasteiger partial charge on any atom is -0.478 e. The van der Waals surface area contributed by atoms with Gasteiger partial charge >= 0.3 is 5.97 Å². The van der Waals surface area contributed by atoms with Crippen LogP contribution in [0.5, 0.6) is 0 Å². The monoisotopic (exact) mass is 277 g/mol. The van der Waals surface area contributed by atoms with Crippen molar-refractivity contribution >= 4 is 17.3 Å². The number of hydrogen-bond donors (Lipinski definition) is 3. The van der Waals surface area contributed by atoms with E-state index >= 15 is 0 Å². The average molecular weight is 277 g/mol. The normalized spacial score (nSPS) is 17.1. The molecule has 0 aliphatic carbocycles. The molecule has 5 heteroatoms. The second kappa shape index (κ2) is 6.61. The van der Waals surface area contributed by atoms with Crippen LogP contribution >= 0.6 is 0 Å². The van der Waals surface area contributed by atoms with Crippen molar-refractivity contribution in [2.75, 3.05) is 30.7 Å². The zero-order valence-corrected chi connectivity index (χ0v) is 11.9. The molecule has 0 spiro atoms. The largest absolute Gasteiger partial charge is 0.478 e. The van der Waals surface area contributed by atoms with E-state index in [2.05, 4.69) is 17.1 Å². The number of nitrogen functional groups attached to an aromatic ring is 1. The molecule has 1 aromatic carbocycles. The standard InChI is InChI=1S/C15H23N3O2/c1-2-7-18-8-5-12(6-9-18)17-14-4-3-11(15(19)20)10-13(14)16/h3-4,10,12,17H,2,5-9,16H2,1H3,(H,19,20). The first-order valence-electron chi connectivity index (χ1n) is 7.22. The molecule has 2 rings (SSSR count). The van der Waals surface area contributed by atoms with Gasteiger partial charge in [-0.05, 0) is 44.0 Å². The highest BCUT2D eigenvalue weighted by Crippen LogP contribution is 2.23. The van der Waals surface area contributed by atoms with E-state index < -0.39 is 5.97 Å². The quantitative estimate of drug-likeness (QED) is 0.719. The molecule has 0 bridgehead atoms. The maximum atomic E-state index is 10.9. The predicted molar refractivity (Wildman–Crippen MR) is 81.2 cm³/mol. The van der Waals surface area contributed by atoms with Gasteiger partial charge in [0.25, 0.3) is 0 Å². The lowest BCUT2D eigenvalue weighted by atomic mass is 10.0. The third-order valence-corrected chi connectivity index (χ3v) is 3.79. The molecule has 110 valence electrons. The summed E-state index contributed by atoms with van der Waals surface area (Å²) in [7, 11) is 0. The van der Waals surface area contributed by atoms with Gasteiger partial charge in [-0.3, -0.25) is 0 Å². The van der Waals surface area contributed by atoms with Crippen molar-refractivity contribution in [1.29, 1.82) is 0 Å². The van der Waals surface area contributed by atoms with Crippen molar-refractivity contribution in [2.24, 2.45) is 0 Å². The van der Waals surface area contributed by atoms with Crippen LogP contribution in [-0.4, -0.2) is 41.7 Å². The molecule has 0 radical (unpaired) electrons. The van der Waals surface area contributed by atoms with Crippen LogP contribution in [0.15, 0.2) is 18.2 Å². The number of nitrogens with zero attached hydrogens (tertiary/aromatic N) is 1. The summed E-state index contributed by atoms with van der Waals surface area (Å²) in [5, 5.41) is 12.4. The Kier molecular flexibility index (Phi) is 4.84. The van der Waals surface area contributed by atoms with Gasteiger partial charge in [0.05, 0.1) is 16.9 Å². The number of carbonyl (C=O) groups is 1. The molecule has 1 fully saturated rings. The molecule has 5 nitrogen and oxygen atoms in total. The maximum Gasteiger partial charge on any atom is 0.335 e. The molecule has 0 atom stereocenters. The number of hydrogen-bond acceptors (Lipinski definition) is 4. The molecular formula is C15H23N3O2. The van der Waals surface area contributed by atoms with Crippen molar-refractivity contribution in [1.82, 2.24) is 4.90 Å². The molecule has 1 aliphatic heterocycles. The summed E-state index contributed by atoms with van der Waals surface area (Å²) in [6, 6.07) is 5.28. The van der Waals surface area contributed by atoms with Gasteiger partial charge in [-0.15, -0.1) is 0 Å². The molecule has 1 aliphatic rings. The van der Waals surface area contributed by atoms with Crippen molar-refractivity contribution < 1.29 is 9.90 Å². The molecule has 0 unspecified atom stereocenters. The van der Waals surface area contributed by atoms with Crippen LogP contribution < -0.4 is 11.1 Å². The van der Waals surface area contributed by atoms with E-state index in [0.717, 1.165) is 31.6 Å². The van der Waals surface area contributed by atoms with E-state index in [1.165, 1.54) is 19.0 Å². The highest BCUT2D eigenvalue weighted by atomic mass is 16.4. The Labute approximate surface area is 119 Å². The lowest BCUT2D eigenvalue weighted by Crippen LogP contribution is -2.39. The van der Waals surface area contributed by atoms with Crippen molar-refractivity contribution in [2.45, 2.75) is 32.2 Å². The minimum absolute atomic E-state index is 0.228. The second-order valence-corrected chi connectivity index (χ2v) is 5.37. The molecule has 20 heavy (non-hydrogen) atoms. The number of piperidine rings is 1. The van der Waals surface area contributed by atoms with Gasteiger partial charge in [-0.25, -0.2) is 4.79 Å². The van der Waals surface area contributed by atoms with Gasteiger partial charge in [-0.2, -0.15) is 0 Å². The van der Waals surface area contributed by atoms with Gasteiger partial charge < -0.3 is 21.1 Å². The topological polar surface area (TPSA) is 78.6 Å². The van der Waals surface area contributed by atoms with Crippen LogP contribution in [0, 0.1) is 0 Å². The Bertz CT molecular complexity index is 468. The Hall–Kier alpha value is -1.75. The molecule has 1 heterocycles. The SMILES string of the molecule is CCCN1CCC(Nc2ccc(C(=O)O)cc2N)CC1. The summed E-state index contributed by atoms with van der Waals surface area (Å²) in [6.07, 6.45) is 3.39. The van der Waals surface area contributed by atoms with Crippen LogP contribution in [0.1, 0.15) is 36.5 Å². The number of carboxylic acid groups (broad SMARTS) is 1. The summed E-state index contributed by atoms with van der Waals surface area (Å²) >= 11 is 0. The average Bonchev–Trinajstić information content (AvgIpc) is 2.43. The number of anilines is 2. The Morgan fingerprint density at radius 3 is 2.70 bits per heavy atom. The first kappa shape index (κ1) is 14.7. The zero-order chi connectivity index (χ0) is 14.5. The highest BCUT2D eigenvalue weighted by molar-refractivity contribution is 5.90. The summed E-state index contributed by atoms with van der Waals surface area (Å²) in [5.74, 6) is -0.948. The van der Waals surface area contributed by atoms with Crippen molar-refractivity contribution in [3.63, 3.8) is 0 Å². The van der Waals surface area contributed by atoms with Crippen molar-refractivity contribution in [3.8, 4) is 0 Å². The Morgan fingerprint density at radius 2 is 2.15 bits per heavy atom. The number of rotatable bonds is 5. The number of likely N-dealkylation sites (tertiary alicyclic amines) is 1. The van der Waals surface area contributed by atoms with E-state index in [1.54, 1.807) is 12.1 Å². The zero-order valence-electron chi connectivity index (χ0n) is 11.9. The fourth-order valence-electron chi connectivity index (χ4n) is 2.66. The fourth-order valence-corrected chi connectivity index (χ4v) is 2.66. The molecular weight excluding hydrogens is 254 g/mol. The molecule has 4 N–H and O–H groups in total. The molecule has 1 saturated heterocycles. The number of carboxylic acids is 1. The van der Waals surface area contributed by atoms with Crippen molar-refractivity contribution in [3.05, 3.63) is 23.8 Å². The van der Waals surface area contributed by atoms with Crippen LogP contribution in [0.3, 0.4) is 0 Å². The van der Waals surface area contributed by atoms with Gasteiger partial charge in [0, 0.05) is 19.1 Å². The Balaban J connectivity index is 1.93. The number of nitrogens with two attached hydrogens (primary N) is 1. The number of aromatic carboxylic acids is 1. The first-order valence-corrected chi connectivity index (χ1v) is 7.22. The molecule has 0 saturated carbocycles. The summed E-state index contributed by atoms with van der Waals surface area (Å²) in [5.41, 5.74) is 7.48. The summed E-state index contributed by atoms with van der Waals surface area (Å²) in [6.45, 7) is 5.59. The lowest BCUT2D eigenvalue weighted by Gasteiger charge is -2.32. The van der Waals surface area contributed by atoms with Crippen LogP contribution in [-0.2, 0) is 0 Å². The smallest absolute Gasteiger partial charge is 0.335 e. The van der Waals surface area contributed by atoms with Gasteiger partial charge in [-0.1, -0.05) is 6.92 Å². The third kappa shape index (κ3) is 3.63. The van der Waals surface area contributed by atoms with Crippen LogP contribution in [0.25, 0.3) is 0 Å². The van der Waals surface area contributed by atoms with E-state index in [9.17, 15) is 4.79 Å². The highest BCUT2D eigenvalue weighted by Gasteiger charge is 2.19. The van der Waals surface area contributed by atoms with E-state index in [4.69, 9.17) is 10.8 Å². The molecule has 0 aromatic heterocycles. The van der Waals surface area contributed by atoms with E-state index in [-0.39, 0.29) is 5.56 Å². The van der Waals surface area contributed by atoms with E-state index in [0.29, 0.717) is 11.7 Å². The lowest BCUT2D eigenvalue weighted by molar-refractivity contribution is 0.0697. The third-order valence-electron chi connectivity index (χ3n) is 3.79. The number of benzene rings is 1. The Morgan fingerprint density at radius 1 is 1.45 bits per heavy atom. The second-order valence-electron chi connectivity index (χ2n) is 5.37. The minimum atomic E-state index is -0.948. The molecule has 0 amide bonds. The maximum absolute atomic E-state index is 10.9. The van der Waals surface area contributed by atoms with E-state index in [1.807, 2.05) is 0 Å². The number of nitrogens with one attached hydrogen (secondary N) is 1. The summed E-state index contributed by atoms with van der Waals surface area (Å²) in [4.78, 5) is 13.4. The predicted octanol–water partition coefficient (Wildman–Crippen LogP) is 2.25. The first-order chi connectivity index (χ1) is 9.60. The van der Waals surface area contributed by atoms with Crippen LogP contribution in [0.2, 0.25) is 0 Å². The van der Waals surface area contributed by atoms with Gasteiger partial charge in [0.1, 0.15) is 0 Å². The fraction of sp³-hybridized carbons (Fsp3) is 0.533.